The Hall–Kier alpha value is -3.00. The second-order valence-electron chi connectivity index (χ2n) is 7.13. The molecule has 0 aliphatic carbocycles. The lowest BCUT2D eigenvalue weighted by atomic mass is 10.2. The molecular formula is C20H21F2N5O. The van der Waals surface area contributed by atoms with Crippen molar-refractivity contribution in [1.29, 1.82) is 0 Å². The van der Waals surface area contributed by atoms with E-state index in [1.165, 1.54) is 11.6 Å². The largest absolute Gasteiger partial charge is 0.378 e. The predicted octanol–water partition coefficient (Wildman–Crippen LogP) is 2.39. The fraction of sp³-hybridized carbons (Fsp3) is 0.300. The third kappa shape index (κ3) is 3.43. The first kappa shape index (κ1) is 18.4. The van der Waals surface area contributed by atoms with E-state index in [1.807, 2.05) is 19.0 Å². The Bertz CT molecular complexity index is 1060. The highest BCUT2D eigenvalue weighted by Crippen LogP contribution is 2.18. The van der Waals surface area contributed by atoms with E-state index in [4.69, 9.17) is 0 Å². The van der Waals surface area contributed by atoms with Crippen LogP contribution in [0.2, 0.25) is 0 Å². The number of benzene rings is 2. The molecule has 0 saturated heterocycles. The van der Waals surface area contributed by atoms with Gasteiger partial charge in [0.15, 0.2) is 5.82 Å². The highest BCUT2D eigenvalue weighted by Gasteiger charge is 2.23. The molecule has 0 spiro atoms. The number of halogens is 2. The lowest BCUT2D eigenvalue weighted by molar-refractivity contribution is 0.207. The van der Waals surface area contributed by atoms with Crippen molar-refractivity contribution in [3.05, 3.63) is 76.0 Å². The summed E-state index contributed by atoms with van der Waals surface area (Å²) in [5.41, 5.74) is 1.86. The maximum atomic E-state index is 14.1. The summed E-state index contributed by atoms with van der Waals surface area (Å²) in [5, 5.41) is 4.30. The maximum Gasteiger partial charge on any atom is 0.350 e. The number of anilines is 1. The average Bonchev–Trinajstić information content (AvgIpc) is 2.98. The van der Waals surface area contributed by atoms with Crippen LogP contribution in [-0.2, 0) is 19.6 Å². The fourth-order valence-electron chi connectivity index (χ4n) is 3.40. The molecule has 1 aromatic heterocycles. The van der Waals surface area contributed by atoms with E-state index in [2.05, 4.69) is 34.3 Å². The van der Waals surface area contributed by atoms with Gasteiger partial charge >= 0.3 is 5.69 Å². The lowest BCUT2D eigenvalue weighted by Gasteiger charge is -2.26. The molecule has 0 atom stereocenters. The second-order valence-corrected chi connectivity index (χ2v) is 7.13. The number of nitrogens with zero attached hydrogens (tertiary/aromatic N) is 5. The molecule has 0 bridgehead atoms. The summed E-state index contributed by atoms with van der Waals surface area (Å²) >= 11 is 0. The molecule has 0 amide bonds. The Morgan fingerprint density at radius 1 is 1.07 bits per heavy atom. The van der Waals surface area contributed by atoms with Crippen LogP contribution in [0.1, 0.15) is 11.4 Å². The van der Waals surface area contributed by atoms with Crippen LogP contribution in [0.4, 0.5) is 14.5 Å². The summed E-state index contributed by atoms with van der Waals surface area (Å²) in [5.74, 6) is -0.926. The zero-order valence-electron chi connectivity index (χ0n) is 15.8. The summed E-state index contributed by atoms with van der Waals surface area (Å²) in [6, 6.07) is 11.4. The molecule has 4 rings (SSSR count). The van der Waals surface area contributed by atoms with Crippen molar-refractivity contribution in [3.63, 3.8) is 0 Å². The normalized spacial score (nSPS) is 14.1. The standard InChI is InChI=1S/C20H21F2N5O/c1-24(2)16-6-3-14(4-7-16)12-25-9-10-26-19(13-25)23-27(20(26)28)18-8-5-15(21)11-17(18)22/h3-8,11H,9-10,12-13H2,1-2H3. The summed E-state index contributed by atoms with van der Waals surface area (Å²) in [6.45, 7) is 2.40. The molecule has 2 heterocycles. The average molecular weight is 385 g/mol. The molecule has 0 fully saturated rings. The molecule has 1 aliphatic rings. The van der Waals surface area contributed by atoms with Gasteiger partial charge in [0.25, 0.3) is 0 Å². The van der Waals surface area contributed by atoms with E-state index >= 15 is 0 Å². The van der Waals surface area contributed by atoms with Crippen LogP contribution in [-0.4, -0.2) is 39.9 Å². The van der Waals surface area contributed by atoms with Crippen molar-refractivity contribution in [3.8, 4) is 5.69 Å². The summed E-state index contributed by atoms with van der Waals surface area (Å²) in [4.78, 5) is 16.8. The fourth-order valence-corrected chi connectivity index (χ4v) is 3.40. The smallest absolute Gasteiger partial charge is 0.350 e. The quantitative estimate of drug-likeness (QED) is 0.692. The van der Waals surface area contributed by atoms with Crippen LogP contribution >= 0.6 is 0 Å². The number of aromatic nitrogens is 3. The molecule has 3 aromatic rings. The van der Waals surface area contributed by atoms with Crippen LogP contribution in [0.25, 0.3) is 5.69 Å². The van der Waals surface area contributed by atoms with Gasteiger partial charge in [-0.15, -0.1) is 5.10 Å². The highest BCUT2D eigenvalue weighted by molar-refractivity contribution is 5.46. The molecule has 146 valence electrons. The minimum absolute atomic E-state index is 0.0425. The highest BCUT2D eigenvalue weighted by atomic mass is 19.1. The van der Waals surface area contributed by atoms with E-state index in [-0.39, 0.29) is 5.69 Å². The summed E-state index contributed by atoms with van der Waals surface area (Å²) in [6.07, 6.45) is 0. The number of hydrogen-bond donors (Lipinski definition) is 0. The van der Waals surface area contributed by atoms with E-state index in [0.29, 0.717) is 25.5 Å². The Morgan fingerprint density at radius 2 is 1.82 bits per heavy atom. The number of hydrogen-bond acceptors (Lipinski definition) is 4. The Morgan fingerprint density at radius 3 is 2.50 bits per heavy atom. The van der Waals surface area contributed by atoms with Crippen molar-refractivity contribution in [2.75, 3.05) is 25.5 Å². The third-order valence-corrected chi connectivity index (χ3v) is 4.94. The molecule has 0 radical (unpaired) electrons. The van der Waals surface area contributed by atoms with Crippen molar-refractivity contribution in [1.82, 2.24) is 19.2 Å². The van der Waals surface area contributed by atoms with Gasteiger partial charge in [0.05, 0.1) is 6.54 Å². The van der Waals surface area contributed by atoms with Crippen molar-refractivity contribution in [2.24, 2.45) is 0 Å². The zero-order valence-corrected chi connectivity index (χ0v) is 15.8. The topological polar surface area (TPSA) is 46.3 Å². The SMILES string of the molecule is CN(C)c1ccc(CN2CCn3c(nn(-c4ccc(F)cc4F)c3=O)C2)cc1. The van der Waals surface area contributed by atoms with Crippen molar-refractivity contribution in [2.45, 2.75) is 19.6 Å². The van der Waals surface area contributed by atoms with Gasteiger partial charge in [0.2, 0.25) is 0 Å². The van der Waals surface area contributed by atoms with Crippen LogP contribution in [0, 0.1) is 11.6 Å². The van der Waals surface area contributed by atoms with Crippen LogP contribution in [0.15, 0.2) is 47.3 Å². The Labute approximate surface area is 161 Å². The van der Waals surface area contributed by atoms with Gasteiger partial charge in [0, 0.05) is 45.5 Å². The predicted molar refractivity (Wildman–Crippen MR) is 103 cm³/mol. The van der Waals surface area contributed by atoms with Crippen molar-refractivity contribution >= 4 is 5.69 Å². The first-order valence-corrected chi connectivity index (χ1v) is 9.05. The van der Waals surface area contributed by atoms with Gasteiger partial charge in [-0.05, 0) is 29.8 Å². The summed E-state index contributed by atoms with van der Waals surface area (Å²) < 4.78 is 29.8. The Kier molecular flexibility index (Phi) is 4.72. The molecule has 0 saturated carbocycles. The molecule has 0 unspecified atom stereocenters. The molecule has 2 aromatic carbocycles. The molecule has 6 nitrogen and oxygen atoms in total. The first-order valence-electron chi connectivity index (χ1n) is 9.05. The van der Waals surface area contributed by atoms with E-state index < -0.39 is 17.3 Å². The van der Waals surface area contributed by atoms with E-state index in [0.717, 1.165) is 29.0 Å². The van der Waals surface area contributed by atoms with Gasteiger partial charge in [-0.1, -0.05) is 12.1 Å². The van der Waals surface area contributed by atoms with Gasteiger partial charge in [-0.2, -0.15) is 4.68 Å². The van der Waals surface area contributed by atoms with Crippen molar-refractivity contribution < 1.29 is 8.78 Å². The van der Waals surface area contributed by atoms with Crippen LogP contribution in [0.3, 0.4) is 0 Å². The van der Waals surface area contributed by atoms with Gasteiger partial charge in [-0.3, -0.25) is 9.47 Å². The molecule has 1 aliphatic heterocycles. The minimum atomic E-state index is -0.810. The first-order chi connectivity index (χ1) is 13.4. The second kappa shape index (κ2) is 7.20. The van der Waals surface area contributed by atoms with E-state index in [1.54, 1.807) is 4.57 Å². The number of rotatable bonds is 4. The lowest BCUT2D eigenvalue weighted by Crippen LogP contribution is -2.37. The monoisotopic (exact) mass is 385 g/mol. The van der Waals surface area contributed by atoms with Gasteiger partial charge < -0.3 is 4.90 Å². The van der Waals surface area contributed by atoms with E-state index in [9.17, 15) is 13.6 Å². The molecule has 0 N–H and O–H groups in total. The van der Waals surface area contributed by atoms with Crippen LogP contribution < -0.4 is 10.6 Å². The molecule has 28 heavy (non-hydrogen) atoms. The van der Waals surface area contributed by atoms with Gasteiger partial charge in [-0.25, -0.2) is 13.6 Å². The molecular weight excluding hydrogens is 364 g/mol. The summed E-state index contributed by atoms with van der Waals surface area (Å²) in [7, 11) is 4.00. The van der Waals surface area contributed by atoms with Gasteiger partial charge in [0.1, 0.15) is 17.3 Å². The Balaban J connectivity index is 1.55. The third-order valence-electron chi connectivity index (χ3n) is 4.94. The zero-order chi connectivity index (χ0) is 19.8. The number of fused-ring (bicyclic) bond motifs is 1. The molecule has 8 heteroatoms. The minimum Gasteiger partial charge on any atom is -0.378 e. The maximum absolute atomic E-state index is 14.1. The van der Waals surface area contributed by atoms with Crippen LogP contribution in [0.5, 0.6) is 0 Å².